The maximum Gasteiger partial charge on any atom is 0.339 e. The Bertz CT molecular complexity index is 919. The number of aromatic carboxylic acids is 1. The summed E-state index contributed by atoms with van der Waals surface area (Å²) in [6.07, 6.45) is 0.810. The van der Waals surface area contributed by atoms with E-state index >= 15 is 0 Å². The van der Waals surface area contributed by atoms with Crippen molar-refractivity contribution in [3.05, 3.63) is 101 Å². The maximum absolute atomic E-state index is 11.5. The van der Waals surface area contributed by atoms with Crippen LogP contribution in [-0.2, 0) is 5.41 Å². The Labute approximate surface area is 159 Å². The van der Waals surface area contributed by atoms with Crippen molar-refractivity contribution in [1.29, 1.82) is 0 Å². The molecule has 0 saturated heterocycles. The second-order valence-electron chi connectivity index (χ2n) is 7.25. The van der Waals surface area contributed by atoms with Crippen LogP contribution in [-0.4, -0.2) is 16.2 Å². The van der Waals surface area contributed by atoms with Crippen molar-refractivity contribution in [1.82, 2.24) is 0 Å². The largest absolute Gasteiger partial charge is 0.507 e. The number of carbonyl (C=O) groups is 1. The van der Waals surface area contributed by atoms with Gasteiger partial charge in [0.25, 0.3) is 0 Å². The van der Waals surface area contributed by atoms with Gasteiger partial charge < -0.3 is 10.2 Å². The topological polar surface area (TPSA) is 57.5 Å². The Balaban J connectivity index is 2.09. The lowest BCUT2D eigenvalue weighted by molar-refractivity contribution is 0.0693. The number of hydrogen-bond donors (Lipinski definition) is 2. The first kappa shape index (κ1) is 18.7. The number of benzene rings is 3. The van der Waals surface area contributed by atoms with Crippen LogP contribution in [0.15, 0.2) is 78.9 Å². The van der Waals surface area contributed by atoms with E-state index in [0.717, 1.165) is 17.5 Å². The zero-order valence-electron chi connectivity index (χ0n) is 15.6. The van der Waals surface area contributed by atoms with Crippen LogP contribution >= 0.6 is 0 Å². The average Bonchev–Trinajstić information content (AvgIpc) is 2.69. The van der Waals surface area contributed by atoms with Gasteiger partial charge in [-0.2, -0.15) is 0 Å². The van der Waals surface area contributed by atoms with E-state index in [2.05, 4.69) is 38.1 Å². The Morgan fingerprint density at radius 2 is 1.52 bits per heavy atom. The maximum atomic E-state index is 11.5. The van der Waals surface area contributed by atoms with E-state index in [0.29, 0.717) is 0 Å². The van der Waals surface area contributed by atoms with E-state index in [1.807, 2.05) is 42.5 Å². The van der Waals surface area contributed by atoms with E-state index in [1.54, 1.807) is 6.07 Å². The van der Waals surface area contributed by atoms with Crippen molar-refractivity contribution in [3.63, 3.8) is 0 Å². The molecule has 3 rings (SSSR count). The van der Waals surface area contributed by atoms with Crippen LogP contribution in [0.4, 0.5) is 0 Å². The first-order chi connectivity index (χ1) is 12.9. The second kappa shape index (κ2) is 7.67. The highest BCUT2D eigenvalue weighted by molar-refractivity contribution is 5.91. The Morgan fingerprint density at radius 3 is 2.11 bits per heavy atom. The molecular weight excluding hydrogens is 336 g/mol. The van der Waals surface area contributed by atoms with E-state index in [1.165, 1.54) is 11.6 Å². The molecule has 3 nitrogen and oxygen atoms in total. The zero-order valence-corrected chi connectivity index (χ0v) is 15.6. The summed E-state index contributed by atoms with van der Waals surface area (Å²) < 4.78 is 0. The average molecular weight is 360 g/mol. The summed E-state index contributed by atoms with van der Waals surface area (Å²) in [6, 6.07) is 25.3. The van der Waals surface area contributed by atoms with Gasteiger partial charge in [0.2, 0.25) is 0 Å². The molecule has 3 aromatic carbocycles. The highest BCUT2D eigenvalue weighted by Gasteiger charge is 2.32. The molecule has 0 radical (unpaired) electrons. The van der Waals surface area contributed by atoms with Crippen molar-refractivity contribution in [2.24, 2.45) is 0 Å². The van der Waals surface area contributed by atoms with Crippen LogP contribution in [0.2, 0.25) is 0 Å². The normalized spacial score (nSPS) is 14.3. The van der Waals surface area contributed by atoms with Crippen LogP contribution in [0.1, 0.15) is 53.2 Å². The van der Waals surface area contributed by atoms with Crippen molar-refractivity contribution >= 4 is 5.97 Å². The van der Waals surface area contributed by atoms with Gasteiger partial charge in [0, 0.05) is 5.41 Å². The predicted octanol–water partition coefficient (Wildman–Crippen LogP) is 5.59. The van der Waals surface area contributed by atoms with Gasteiger partial charge in [-0.15, -0.1) is 0 Å². The predicted molar refractivity (Wildman–Crippen MR) is 107 cm³/mol. The van der Waals surface area contributed by atoms with E-state index in [9.17, 15) is 15.0 Å². The fourth-order valence-electron chi connectivity index (χ4n) is 3.77. The van der Waals surface area contributed by atoms with Gasteiger partial charge in [0.1, 0.15) is 11.3 Å². The quantitative estimate of drug-likeness (QED) is 0.602. The smallest absolute Gasteiger partial charge is 0.339 e. The molecule has 0 spiro atoms. The molecule has 3 aromatic rings. The molecule has 0 heterocycles. The third-order valence-corrected chi connectivity index (χ3v) is 5.36. The Morgan fingerprint density at radius 1 is 0.926 bits per heavy atom. The third kappa shape index (κ3) is 3.87. The fraction of sp³-hybridized carbons (Fsp3) is 0.208. The molecule has 0 saturated carbocycles. The molecule has 0 aliphatic carbocycles. The summed E-state index contributed by atoms with van der Waals surface area (Å²) in [5.74, 6) is -1.06. The second-order valence-corrected chi connectivity index (χ2v) is 7.25. The fourth-order valence-corrected chi connectivity index (χ4v) is 3.77. The minimum atomic E-state index is -1.12. The number of carboxylic acid groups (broad SMARTS) is 1. The minimum Gasteiger partial charge on any atom is -0.507 e. The van der Waals surface area contributed by atoms with E-state index < -0.39 is 11.4 Å². The van der Waals surface area contributed by atoms with E-state index in [4.69, 9.17) is 0 Å². The molecular formula is C24H24O3. The van der Waals surface area contributed by atoms with Gasteiger partial charge in [0.15, 0.2) is 0 Å². The molecule has 2 unspecified atom stereocenters. The molecule has 0 bridgehead atoms. The molecule has 2 N–H and O–H groups in total. The van der Waals surface area contributed by atoms with Crippen LogP contribution in [0.25, 0.3) is 0 Å². The summed E-state index contributed by atoms with van der Waals surface area (Å²) in [6.45, 7) is 4.33. The highest BCUT2D eigenvalue weighted by atomic mass is 16.4. The number of hydrogen-bond acceptors (Lipinski definition) is 2. The van der Waals surface area contributed by atoms with Crippen LogP contribution < -0.4 is 0 Å². The van der Waals surface area contributed by atoms with Gasteiger partial charge in [-0.05, 0) is 41.2 Å². The standard InChI is InChI=1S/C24H24O3/c1-17(18-9-5-3-6-10-18)16-24(2,19-11-7-4-8-12-19)20-13-14-22(25)21(15-20)23(26)27/h3-15,17,25H,16H2,1-2H3,(H,26,27). The van der Waals surface area contributed by atoms with E-state index in [-0.39, 0.29) is 17.2 Å². The van der Waals surface area contributed by atoms with Crippen molar-refractivity contribution < 1.29 is 15.0 Å². The molecule has 0 aliphatic rings. The Kier molecular flexibility index (Phi) is 5.31. The molecule has 27 heavy (non-hydrogen) atoms. The Hall–Kier alpha value is -3.07. The third-order valence-electron chi connectivity index (χ3n) is 5.36. The first-order valence-electron chi connectivity index (χ1n) is 9.09. The molecule has 0 amide bonds. The molecule has 0 aromatic heterocycles. The van der Waals surface area contributed by atoms with Gasteiger partial charge in [-0.25, -0.2) is 4.79 Å². The first-order valence-corrected chi connectivity index (χ1v) is 9.09. The summed E-state index contributed by atoms with van der Waals surface area (Å²) in [7, 11) is 0. The SMILES string of the molecule is CC(CC(C)(c1ccccc1)c1ccc(O)c(C(=O)O)c1)c1ccccc1. The lowest BCUT2D eigenvalue weighted by atomic mass is 9.69. The van der Waals surface area contributed by atoms with Gasteiger partial charge in [0.05, 0.1) is 0 Å². The lowest BCUT2D eigenvalue weighted by Crippen LogP contribution is -2.26. The number of phenols is 1. The molecule has 3 heteroatoms. The molecule has 2 atom stereocenters. The number of rotatable bonds is 6. The summed E-state index contributed by atoms with van der Waals surface area (Å²) in [4.78, 5) is 11.5. The summed E-state index contributed by atoms with van der Waals surface area (Å²) >= 11 is 0. The summed E-state index contributed by atoms with van der Waals surface area (Å²) in [5.41, 5.74) is 2.79. The number of aromatic hydroxyl groups is 1. The zero-order chi connectivity index (χ0) is 19.4. The highest BCUT2D eigenvalue weighted by Crippen LogP contribution is 2.41. The molecule has 0 aliphatic heterocycles. The van der Waals surface area contributed by atoms with Gasteiger partial charge in [-0.3, -0.25) is 0 Å². The van der Waals surface area contributed by atoms with Crippen molar-refractivity contribution in [2.45, 2.75) is 31.6 Å². The molecule has 0 fully saturated rings. The lowest BCUT2D eigenvalue weighted by Gasteiger charge is -2.34. The number of carboxylic acids is 1. The van der Waals surface area contributed by atoms with Gasteiger partial charge >= 0.3 is 5.97 Å². The summed E-state index contributed by atoms with van der Waals surface area (Å²) in [5, 5.41) is 19.3. The van der Waals surface area contributed by atoms with Crippen molar-refractivity contribution in [3.8, 4) is 5.75 Å². The van der Waals surface area contributed by atoms with Gasteiger partial charge in [-0.1, -0.05) is 80.6 Å². The van der Waals surface area contributed by atoms with Crippen LogP contribution in [0.3, 0.4) is 0 Å². The van der Waals surface area contributed by atoms with Crippen molar-refractivity contribution in [2.75, 3.05) is 0 Å². The van der Waals surface area contributed by atoms with Crippen LogP contribution in [0.5, 0.6) is 5.75 Å². The monoisotopic (exact) mass is 360 g/mol. The molecule has 138 valence electrons. The minimum absolute atomic E-state index is 0.0676. The van der Waals surface area contributed by atoms with Crippen LogP contribution in [0, 0.1) is 0 Å².